The van der Waals surface area contributed by atoms with Gasteiger partial charge in [0.2, 0.25) is 0 Å². The molecule has 0 saturated heterocycles. The summed E-state index contributed by atoms with van der Waals surface area (Å²) in [5.74, 6) is 0. The van der Waals surface area contributed by atoms with Crippen LogP contribution < -0.4 is 16.4 Å². The van der Waals surface area contributed by atoms with Gasteiger partial charge in [0.15, 0.2) is 0 Å². The first-order chi connectivity index (χ1) is 7.99. The molecule has 4 nitrogen and oxygen atoms in total. The second kappa shape index (κ2) is 6.25. The maximum Gasteiger partial charge on any atom is 0.312 e. The highest BCUT2D eigenvalue weighted by atomic mass is 16.2. The highest BCUT2D eigenvalue weighted by molar-refractivity contribution is 5.71. The number of urea groups is 1. The molecule has 0 aliphatic carbocycles. The molecule has 0 fully saturated rings. The molecule has 0 heterocycles. The lowest BCUT2D eigenvalue weighted by Gasteiger charge is -2.15. The first-order valence-corrected chi connectivity index (χ1v) is 5.84. The summed E-state index contributed by atoms with van der Waals surface area (Å²) in [5, 5.41) is 5.89. The molecule has 4 heteroatoms. The Labute approximate surface area is 103 Å². The van der Waals surface area contributed by atoms with Crippen LogP contribution in [0.1, 0.15) is 29.7 Å². The SMILES string of the molecule is Cc1cc(C)cc(C(C)NCCNC(N)=O)c1. The summed E-state index contributed by atoms with van der Waals surface area (Å²) in [5.41, 5.74) is 8.78. The van der Waals surface area contributed by atoms with E-state index in [0.29, 0.717) is 13.1 Å². The van der Waals surface area contributed by atoms with Crippen molar-refractivity contribution in [2.75, 3.05) is 13.1 Å². The number of hydrogen-bond acceptors (Lipinski definition) is 2. The molecule has 1 rings (SSSR count). The Morgan fingerprint density at radius 3 is 2.35 bits per heavy atom. The van der Waals surface area contributed by atoms with E-state index < -0.39 is 6.03 Å². The fraction of sp³-hybridized carbons (Fsp3) is 0.462. The molecular weight excluding hydrogens is 214 g/mol. The van der Waals surface area contributed by atoms with E-state index in [1.807, 2.05) is 0 Å². The summed E-state index contributed by atoms with van der Waals surface area (Å²) in [4.78, 5) is 10.5. The van der Waals surface area contributed by atoms with Crippen molar-refractivity contribution in [1.29, 1.82) is 0 Å². The molecule has 17 heavy (non-hydrogen) atoms. The molecule has 0 saturated carbocycles. The van der Waals surface area contributed by atoms with Gasteiger partial charge in [0.1, 0.15) is 0 Å². The van der Waals surface area contributed by atoms with Gasteiger partial charge in [-0.2, -0.15) is 0 Å². The molecule has 0 bridgehead atoms. The summed E-state index contributed by atoms with van der Waals surface area (Å²) < 4.78 is 0. The molecule has 1 aromatic rings. The van der Waals surface area contributed by atoms with Crippen molar-refractivity contribution >= 4 is 6.03 Å². The molecule has 94 valence electrons. The van der Waals surface area contributed by atoms with E-state index in [9.17, 15) is 4.79 Å². The quantitative estimate of drug-likeness (QED) is 0.679. The maximum absolute atomic E-state index is 10.5. The van der Waals surface area contributed by atoms with Gasteiger partial charge in [-0.05, 0) is 26.3 Å². The zero-order chi connectivity index (χ0) is 12.8. The largest absolute Gasteiger partial charge is 0.352 e. The van der Waals surface area contributed by atoms with Crippen LogP contribution in [0.4, 0.5) is 4.79 Å². The van der Waals surface area contributed by atoms with Crippen LogP contribution in [-0.4, -0.2) is 19.1 Å². The molecule has 1 atom stereocenters. The van der Waals surface area contributed by atoms with E-state index in [1.54, 1.807) is 0 Å². The van der Waals surface area contributed by atoms with Crippen LogP contribution in [-0.2, 0) is 0 Å². The second-order valence-electron chi connectivity index (χ2n) is 4.39. The minimum atomic E-state index is -0.481. The lowest BCUT2D eigenvalue weighted by molar-refractivity contribution is 0.249. The minimum Gasteiger partial charge on any atom is -0.352 e. The number of amides is 2. The van der Waals surface area contributed by atoms with Gasteiger partial charge in [0.05, 0.1) is 0 Å². The fourth-order valence-electron chi connectivity index (χ4n) is 1.85. The predicted octanol–water partition coefficient (Wildman–Crippen LogP) is 1.62. The Morgan fingerprint density at radius 1 is 1.24 bits per heavy atom. The van der Waals surface area contributed by atoms with Crippen molar-refractivity contribution in [3.05, 3.63) is 34.9 Å². The standard InChI is InChI=1S/C13H21N3O/c1-9-6-10(2)8-12(7-9)11(3)15-4-5-16-13(14)17/h6-8,11,15H,4-5H2,1-3H3,(H3,14,16,17). The average molecular weight is 235 g/mol. The molecule has 1 unspecified atom stereocenters. The van der Waals surface area contributed by atoms with Crippen LogP contribution in [0.15, 0.2) is 18.2 Å². The van der Waals surface area contributed by atoms with Crippen LogP contribution in [0.3, 0.4) is 0 Å². The van der Waals surface area contributed by atoms with Gasteiger partial charge in [0.25, 0.3) is 0 Å². The highest BCUT2D eigenvalue weighted by Gasteiger charge is 2.05. The Morgan fingerprint density at radius 2 is 1.82 bits per heavy atom. The lowest BCUT2D eigenvalue weighted by atomic mass is 10.0. The molecule has 4 N–H and O–H groups in total. The Kier molecular flexibility index (Phi) is 4.97. The van der Waals surface area contributed by atoms with Gasteiger partial charge >= 0.3 is 6.03 Å². The first kappa shape index (κ1) is 13.5. The number of carbonyl (C=O) groups excluding carboxylic acids is 1. The number of primary amides is 1. The number of hydrogen-bond donors (Lipinski definition) is 3. The monoisotopic (exact) mass is 235 g/mol. The minimum absolute atomic E-state index is 0.267. The third-order valence-electron chi connectivity index (χ3n) is 2.62. The lowest BCUT2D eigenvalue weighted by Crippen LogP contribution is -2.36. The number of nitrogens with two attached hydrogens (primary N) is 1. The van der Waals surface area contributed by atoms with Crippen molar-refractivity contribution in [3.63, 3.8) is 0 Å². The fourth-order valence-corrected chi connectivity index (χ4v) is 1.85. The first-order valence-electron chi connectivity index (χ1n) is 5.84. The smallest absolute Gasteiger partial charge is 0.312 e. The number of rotatable bonds is 5. The Balaban J connectivity index is 2.46. The summed E-state index contributed by atoms with van der Waals surface area (Å²) >= 11 is 0. The maximum atomic E-state index is 10.5. The van der Waals surface area contributed by atoms with Gasteiger partial charge in [-0.25, -0.2) is 4.79 Å². The van der Waals surface area contributed by atoms with Crippen molar-refractivity contribution < 1.29 is 4.79 Å². The number of aryl methyl sites for hydroxylation is 2. The Hall–Kier alpha value is -1.55. The van der Waals surface area contributed by atoms with Gasteiger partial charge < -0.3 is 16.4 Å². The zero-order valence-corrected chi connectivity index (χ0v) is 10.7. The molecular formula is C13H21N3O. The summed E-state index contributed by atoms with van der Waals surface area (Å²) in [6.07, 6.45) is 0. The Bertz CT molecular complexity index is 370. The highest BCUT2D eigenvalue weighted by Crippen LogP contribution is 2.16. The van der Waals surface area contributed by atoms with E-state index in [1.165, 1.54) is 16.7 Å². The van der Waals surface area contributed by atoms with Gasteiger partial charge in [-0.3, -0.25) is 0 Å². The average Bonchev–Trinajstić information content (AvgIpc) is 2.22. The summed E-state index contributed by atoms with van der Waals surface area (Å²) in [6.45, 7) is 7.55. The van der Waals surface area contributed by atoms with Crippen molar-refractivity contribution in [2.24, 2.45) is 5.73 Å². The van der Waals surface area contributed by atoms with E-state index in [-0.39, 0.29) is 6.04 Å². The van der Waals surface area contributed by atoms with E-state index >= 15 is 0 Å². The molecule has 1 aromatic carbocycles. The van der Waals surface area contributed by atoms with Crippen LogP contribution in [0, 0.1) is 13.8 Å². The van der Waals surface area contributed by atoms with Crippen LogP contribution in [0.2, 0.25) is 0 Å². The number of nitrogens with one attached hydrogen (secondary N) is 2. The van der Waals surface area contributed by atoms with Crippen LogP contribution in [0.5, 0.6) is 0 Å². The van der Waals surface area contributed by atoms with Crippen LogP contribution in [0.25, 0.3) is 0 Å². The predicted molar refractivity (Wildman–Crippen MR) is 69.9 cm³/mol. The molecule has 0 radical (unpaired) electrons. The molecule has 0 aromatic heterocycles. The number of carbonyl (C=O) groups is 1. The van der Waals surface area contributed by atoms with E-state index in [2.05, 4.69) is 49.6 Å². The van der Waals surface area contributed by atoms with Gasteiger partial charge in [-0.15, -0.1) is 0 Å². The van der Waals surface area contributed by atoms with Crippen molar-refractivity contribution in [2.45, 2.75) is 26.8 Å². The third-order valence-corrected chi connectivity index (χ3v) is 2.62. The second-order valence-corrected chi connectivity index (χ2v) is 4.39. The van der Waals surface area contributed by atoms with Crippen LogP contribution >= 0.6 is 0 Å². The normalized spacial score (nSPS) is 12.2. The van der Waals surface area contributed by atoms with Gasteiger partial charge in [-0.1, -0.05) is 29.3 Å². The molecule has 2 amide bonds. The molecule has 0 aliphatic rings. The van der Waals surface area contributed by atoms with Crippen molar-refractivity contribution in [3.8, 4) is 0 Å². The third kappa shape index (κ3) is 4.87. The van der Waals surface area contributed by atoms with Gasteiger partial charge in [0, 0.05) is 19.1 Å². The van der Waals surface area contributed by atoms with E-state index in [4.69, 9.17) is 5.73 Å². The van der Waals surface area contributed by atoms with Crippen molar-refractivity contribution in [1.82, 2.24) is 10.6 Å². The van der Waals surface area contributed by atoms with E-state index in [0.717, 1.165) is 0 Å². The molecule has 0 spiro atoms. The molecule has 0 aliphatic heterocycles. The topological polar surface area (TPSA) is 67.2 Å². The zero-order valence-electron chi connectivity index (χ0n) is 10.7. The number of benzene rings is 1. The summed E-state index contributed by atoms with van der Waals surface area (Å²) in [6, 6.07) is 6.29. The summed E-state index contributed by atoms with van der Waals surface area (Å²) in [7, 11) is 0.